The maximum absolute atomic E-state index is 14.5. The van der Waals surface area contributed by atoms with Crippen LogP contribution in [0.5, 0.6) is 5.75 Å². The minimum absolute atomic E-state index is 0.000907. The molecule has 1 saturated carbocycles. The molecule has 0 aliphatic heterocycles. The predicted molar refractivity (Wildman–Crippen MR) is 135 cm³/mol. The zero-order valence-electron chi connectivity index (χ0n) is 20.6. The number of ether oxygens (including phenoxy) is 1. The van der Waals surface area contributed by atoms with Gasteiger partial charge < -0.3 is 15.0 Å². The Hall–Kier alpha value is -3.99. The minimum atomic E-state index is -0.971. The van der Waals surface area contributed by atoms with Gasteiger partial charge in [-0.2, -0.15) is 5.26 Å². The van der Waals surface area contributed by atoms with Crippen molar-refractivity contribution in [3.63, 3.8) is 0 Å². The van der Waals surface area contributed by atoms with Crippen LogP contribution in [0, 0.1) is 29.0 Å². The summed E-state index contributed by atoms with van der Waals surface area (Å²) in [4.78, 5) is 42.2. The number of hydrogen-bond acceptors (Lipinski definition) is 5. The number of carbonyl (C=O) groups excluding carboxylic acids is 3. The van der Waals surface area contributed by atoms with Crippen LogP contribution in [-0.4, -0.2) is 35.6 Å². The second kappa shape index (κ2) is 10.2. The molecule has 1 fully saturated rings. The molecule has 2 aromatic carbocycles. The first-order valence-corrected chi connectivity index (χ1v) is 12.6. The third-order valence-electron chi connectivity index (χ3n) is 7.45. The van der Waals surface area contributed by atoms with E-state index in [-0.39, 0.29) is 36.7 Å². The first-order valence-electron chi connectivity index (χ1n) is 12.6. The summed E-state index contributed by atoms with van der Waals surface area (Å²) in [5.41, 5.74) is 2.11. The van der Waals surface area contributed by atoms with Gasteiger partial charge in [-0.25, -0.2) is 4.39 Å². The average molecular weight is 502 g/mol. The molecule has 0 radical (unpaired) electrons. The highest BCUT2D eigenvalue weighted by Crippen LogP contribution is 2.38. The lowest BCUT2D eigenvalue weighted by Gasteiger charge is -2.20. The molecule has 190 valence electrons. The van der Waals surface area contributed by atoms with Crippen molar-refractivity contribution < 1.29 is 23.5 Å². The number of nitriles is 1. The van der Waals surface area contributed by atoms with Crippen LogP contribution in [0.15, 0.2) is 42.5 Å². The van der Waals surface area contributed by atoms with Crippen molar-refractivity contribution in [1.82, 2.24) is 10.3 Å². The normalized spacial score (nSPS) is 18.2. The molecule has 0 spiro atoms. The maximum Gasteiger partial charge on any atom is 0.224 e. The van der Waals surface area contributed by atoms with Gasteiger partial charge >= 0.3 is 0 Å². The number of benzene rings is 2. The van der Waals surface area contributed by atoms with Gasteiger partial charge in [0, 0.05) is 41.1 Å². The molecule has 0 saturated heterocycles. The Bertz CT molecular complexity index is 1420. The first kappa shape index (κ1) is 24.7. The number of hydrogen-bond donors (Lipinski definition) is 2. The van der Waals surface area contributed by atoms with Crippen molar-refractivity contribution in [2.45, 2.75) is 50.5 Å². The Morgan fingerprint density at radius 3 is 2.73 bits per heavy atom. The molecule has 1 amide bonds. The summed E-state index contributed by atoms with van der Waals surface area (Å²) < 4.78 is 19.8. The van der Waals surface area contributed by atoms with E-state index < -0.39 is 23.7 Å². The second-order valence-electron chi connectivity index (χ2n) is 10.0. The van der Waals surface area contributed by atoms with Gasteiger partial charge in [0.1, 0.15) is 23.4 Å². The topological polar surface area (TPSA) is 112 Å². The average Bonchev–Trinajstić information content (AvgIpc) is 3.49. The summed E-state index contributed by atoms with van der Waals surface area (Å²) in [6.07, 6.45) is 2.69. The molecule has 5 rings (SSSR count). The molecule has 2 aliphatic carbocycles. The van der Waals surface area contributed by atoms with Gasteiger partial charge in [0.05, 0.1) is 18.9 Å². The van der Waals surface area contributed by atoms with E-state index in [0.717, 1.165) is 23.7 Å². The van der Waals surface area contributed by atoms with Crippen molar-refractivity contribution in [2.75, 3.05) is 7.11 Å². The summed E-state index contributed by atoms with van der Waals surface area (Å²) in [5, 5.41) is 13.3. The summed E-state index contributed by atoms with van der Waals surface area (Å²) in [6.45, 7) is 0. The molecule has 3 unspecified atom stereocenters. The van der Waals surface area contributed by atoms with Gasteiger partial charge in [0.25, 0.3) is 0 Å². The van der Waals surface area contributed by atoms with E-state index in [0.29, 0.717) is 34.9 Å². The summed E-state index contributed by atoms with van der Waals surface area (Å²) in [6, 6.07) is 12.9. The lowest BCUT2D eigenvalue weighted by molar-refractivity contribution is -0.126. The number of halogens is 1. The molecule has 1 heterocycles. The highest BCUT2D eigenvalue weighted by molar-refractivity contribution is 6.02. The molecular weight excluding hydrogens is 473 g/mol. The third kappa shape index (κ3) is 5.12. The summed E-state index contributed by atoms with van der Waals surface area (Å²) >= 11 is 0. The largest absolute Gasteiger partial charge is 0.496 e. The molecule has 2 aliphatic rings. The Labute approximate surface area is 214 Å². The van der Waals surface area contributed by atoms with Gasteiger partial charge in [0.15, 0.2) is 5.78 Å². The van der Waals surface area contributed by atoms with Crippen molar-refractivity contribution in [2.24, 2.45) is 11.8 Å². The van der Waals surface area contributed by atoms with Crippen LogP contribution >= 0.6 is 0 Å². The summed E-state index contributed by atoms with van der Waals surface area (Å²) in [5.74, 6) is -1.56. The standard InChI is InChI=1S/C29H28FN3O4/c1-37-27-7-3-6-23-20(27)14-24(33-23)26(35)12-18(10-16-8-9-16)29(36)32-19(15-31)13-21-25(34)11-17-4-2-5-22(30)28(17)21/h2-7,14,16,18-19,21,33H,8-13H2,1H3,(H,32,36). The molecule has 7 nitrogen and oxygen atoms in total. The fraction of sp³-hybridized carbons (Fsp3) is 0.379. The van der Waals surface area contributed by atoms with E-state index in [1.54, 1.807) is 25.3 Å². The Morgan fingerprint density at radius 1 is 1.22 bits per heavy atom. The zero-order valence-corrected chi connectivity index (χ0v) is 20.6. The van der Waals surface area contributed by atoms with E-state index in [2.05, 4.69) is 16.4 Å². The van der Waals surface area contributed by atoms with Gasteiger partial charge in [0.2, 0.25) is 5.91 Å². The number of carbonyl (C=O) groups is 3. The number of H-pyrrole nitrogens is 1. The van der Waals surface area contributed by atoms with E-state index in [1.165, 1.54) is 6.07 Å². The van der Waals surface area contributed by atoms with Gasteiger partial charge in [-0.3, -0.25) is 14.4 Å². The number of nitrogens with one attached hydrogen (secondary N) is 2. The van der Waals surface area contributed by atoms with Crippen LogP contribution in [0.4, 0.5) is 4.39 Å². The maximum atomic E-state index is 14.5. The van der Waals surface area contributed by atoms with Crippen molar-refractivity contribution >= 4 is 28.4 Å². The van der Waals surface area contributed by atoms with Crippen molar-refractivity contribution in [3.8, 4) is 11.8 Å². The molecule has 3 atom stereocenters. The number of methoxy groups -OCH3 is 1. The fourth-order valence-electron chi connectivity index (χ4n) is 5.34. The van der Waals surface area contributed by atoms with Crippen LogP contribution in [-0.2, 0) is 16.0 Å². The molecule has 2 N–H and O–H groups in total. The molecule has 8 heteroatoms. The molecule has 0 bridgehead atoms. The number of amides is 1. The van der Waals surface area contributed by atoms with Crippen LogP contribution < -0.4 is 10.1 Å². The number of Topliss-reactive ketones (excluding diaryl/α,β-unsaturated/α-hetero) is 2. The Balaban J connectivity index is 1.30. The van der Waals surface area contributed by atoms with Crippen molar-refractivity contribution in [3.05, 3.63) is 65.1 Å². The number of rotatable bonds is 10. The molecule has 37 heavy (non-hydrogen) atoms. The fourth-order valence-corrected chi connectivity index (χ4v) is 5.34. The minimum Gasteiger partial charge on any atom is -0.496 e. The van der Waals surface area contributed by atoms with Crippen LogP contribution in [0.3, 0.4) is 0 Å². The Kier molecular flexibility index (Phi) is 6.79. The highest BCUT2D eigenvalue weighted by Gasteiger charge is 2.37. The van der Waals surface area contributed by atoms with E-state index in [9.17, 15) is 24.0 Å². The van der Waals surface area contributed by atoms with Gasteiger partial charge in [-0.1, -0.05) is 31.0 Å². The second-order valence-corrected chi connectivity index (χ2v) is 10.0. The first-order chi connectivity index (χ1) is 17.9. The van der Waals surface area contributed by atoms with Crippen LogP contribution in [0.2, 0.25) is 0 Å². The number of fused-ring (bicyclic) bond motifs is 2. The van der Waals surface area contributed by atoms with E-state index in [1.807, 2.05) is 18.2 Å². The van der Waals surface area contributed by atoms with Gasteiger partial charge in [-0.15, -0.1) is 0 Å². The third-order valence-corrected chi connectivity index (χ3v) is 7.45. The van der Waals surface area contributed by atoms with Crippen LogP contribution in [0.25, 0.3) is 10.9 Å². The van der Waals surface area contributed by atoms with Crippen molar-refractivity contribution in [1.29, 1.82) is 5.26 Å². The molecule has 1 aromatic heterocycles. The predicted octanol–water partition coefficient (Wildman–Crippen LogP) is 4.61. The lowest BCUT2D eigenvalue weighted by atomic mass is 9.91. The quantitative estimate of drug-likeness (QED) is 0.394. The summed E-state index contributed by atoms with van der Waals surface area (Å²) in [7, 11) is 1.57. The van der Waals surface area contributed by atoms with Gasteiger partial charge in [-0.05, 0) is 48.6 Å². The lowest BCUT2D eigenvalue weighted by Crippen LogP contribution is -2.40. The number of ketones is 2. The zero-order chi connectivity index (χ0) is 26.1. The number of aromatic amines is 1. The Morgan fingerprint density at radius 2 is 2.00 bits per heavy atom. The molecular formula is C29H28FN3O4. The monoisotopic (exact) mass is 501 g/mol. The highest BCUT2D eigenvalue weighted by atomic mass is 19.1. The van der Waals surface area contributed by atoms with Crippen LogP contribution in [0.1, 0.15) is 59.6 Å². The van der Waals surface area contributed by atoms with E-state index >= 15 is 0 Å². The molecule has 3 aromatic rings. The number of aromatic nitrogens is 1. The SMILES string of the molecule is COc1cccc2[nH]c(C(=O)CC(CC3CC3)C(=O)NC(C#N)CC3C(=O)Cc4cccc(F)c43)cc12. The number of nitrogens with zero attached hydrogens (tertiary/aromatic N) is 1. The van der Waals surface area contributed by atoms with E-state index in [4.69, 9.17) is 4.74 Å². The smallest absolute Gasteiger partial charge is 0.224 e.